The topological polar surface area (TPSA) is 15.3 Å². The third kappa shape index (κ3) is 5.69. The fourth-order valence-corrected chi connectivity index (χ4v) is 2.54. The number of nitrogens with zero attached hydrogens (tertiary/aromatic N) is 1. The SMILES string of the molecule is C=C(Br)CN1CCCNC(CC(C)C)C1. The van der Waals surface area contributed by atoms with Crippen LogP contribution in [0.2, 0.25) is 0 Å². The molecule has 0 saturated carbocycles. The predicted molar refractivity (Wildman–Crippen MR) is 70.4 cm³/mol. The van der Waals surface area contributed by atoms with Gasteiger partial charge in [-0.05, 0) is 31.8 Å². The van der Waals surface area contributed by atoms with E-state index in [4.69, 9.17) is 0 Å². The first-order chi connectivity index (χ1) is 7.08. The summed E-state index contributed by atoms with van der Waals surface area (Å²) in [6, 6.07) is 0.652. The highest BCUT2D eigenvalue weighted by molar-refractivity contribution is 9.11. The number of hydrogen-bond donors (Lipinski definition) is 1. The van der Waals surface area contributed by atoms with Crippen molar-refractivity contribution in [2.45, 2.75) is 32.7 Å². The van der Waals surface area contributed by atoms with E-state index in [1.165, 1.54) is 19.4 Å². The van der Waals surface area contributed by atoms with Crippen LogP contribution in [-0.2, 0) is 0 Å². The molecule has 3 heteroatoms. The molecule has 1 aliphatic rings. The van der Waals surface area contributed by atoms with Crippen molar-refractivity contribution in [1.82, 2.24) is 10.2 Å². The van der Waals surface area contributed by atoms with Crippen LogP contribution in [0.1, 0.15) is 26.7 Å². The quantitative estimate of drug-likeness (QED) is 0.848. The Morgan fingerprint density at radius 3 is 2.93 bits per heavy atom. The summed E-state index contributed by atoms with van der Waals surface area (Å²) in [5.74, 6) is 0.773. The Balaban J connectivity index is 2.41. The molecule has 0 aliphatic carbocycles. The maximum absolute atomic E-state index is 3.92. The molecule has 0 aromatic carbocycles. The molecule has 1 atom stereocenters. The van der Waals surface area contributed by atoms with E-state index < -0.39 is 0 Å². The van der Waals surface area contributed by atoms with Crippen molar-refractivity contribution in [2.75, 3.05) is 26.2 Å². The average molecular weight is 275 g/mol. The number of halogens is 1. The zero-order valence-corrected chi connectivity index (χ0v) is 11.5. The molecule has 0 aromatic rings. The van der Waals surface area contributed by atoms with Crippen molar-refractivity contribution in [3.63, 3.8) is 0 Å². The minimum atomic E-state index is 0.652. The number of hydrogen-bond acceptors (Lipinski definition) is 2. The van der Waals surface area contributed by atoms with Crippen LogP contribution >= 0.6 is 15.9 Å². The zero-order valence-electron chi connectivity index (χ0n) is 9.93. The monoisotopic (exact) mass is 274 g/mol. The summed E-state index contributed by atoms with van der Waals surface area (Å²) in [6.45, 7) is 13.0. The molecule has 1 unspecified atom stereocenters. The lowest BCUT2D eigenvalue weighted by Gasteiger charge is -2.25. The average Bonchev–Trinajstić information content (AvgIpc) is 2.28. The smallest absolute Gasteiger partial charge is 0.0294 e. The van der Waals surface area contributed by atoms with E-state index in [0.29, 0.717) is 6.04 Å². The summed E-state index contributed by atoms with van der Waals surface area (Å²) in [7, 11) is 0. The lowest BCUT2D eigenvalue weighted by Crippen LogP contribution is -2.38. The molecule has 1 heterocycles. The van der Waals surface area contributed by atoms with E-state index in [1.54, 1.807) is 0 Å². The number of nitrogens with one attached hydrogen (secondary N) is 1. The van der Waals surface area contributed by atoms with Gasteiger partial charge in [-0.15, -0.1) is 0 Å². The summed E-state index contributed by atoms with van der Waals surface area (Å²) in [6.07, 6.45) is 2.51. The molecule has 88 valence electrons. The Bertz CT molecular complexity index is 204. The molecule has 0 radical (unpaired) electrons. The Labute approximate surface area is 102 Å². The van der Waals surface area contributed by atoms with Gasteiger partial charge in [0.2, 0.25) is 0 Å². The van der Waals surface area contributed by atoms with E-state index in [2.05, 4.69) is 46.6 Å². The minimum Gasteiger partial charge on any atom is -0.313 e. The Morgan fingerprint density at radius 1 is 1.60 bits per heavy atom. The molecule has 1 N–H and O–H groups in total. The molecule has 2 nitrogen and oxygen atoms in total. The summed E-state index contributed by atoms with van der Waals surface area (Å²) in [5, 5.41) is 3.63. The van der Waals surface area contributed by atoms with E-state index in [-0.39, 0.29) is 0 Å². The normalized spacial score (nSPS) is 24.1. The molecule has 1 rings (SSSR count). The van der Waals surface area contributed by atoms with Gasteiger partial charge < -0.3 is 5.32 Å². The van der Waals surface area contributed by atoms with Gasteiger partial charge in [0.1, 0.15) is 0 Å². The standard InChI is InChI=1S/C12H23BrN2/c1-10(2)7-12-9-15(8-11(3)13)6-4-5-14-12/h10,12,14H,3-9H2,1-2H3. The third-order valence-corrected chi connectivity index (χ3v) is 2.96. The molecule has 1 fully saturated rings. The maximum atomic E-state index is 3.92. The second-order valence-corrected chi connectivity index (χ2v) is 6.01. The van der Waals surface area contributed by atoms with Crippen molar-refractivity contribution < 1.29 is 0 Å². The van der Waals surface area contributed by atoms with Gasteiger partial charge in [-0.25, -0.2) is 0 Å². The van der Waals surface area contributed by atoms with Crippen LogP contribution < -0.4 is 5.32 Å². The molecule has 1 aliphatic heterocycles. The van der Waals surface area contributed by atoms with Gasteiger partial charge in [-0.2, -0.15) is 0 Å². The molecular formula is C12H23BrN2. The highest BCUT2D eigenvalue weighted by Crippen LogP contribution is 2.12. The van der Waals surface area contributed by atoms with Gasteiger partial charge in [-0.3, -0.25) is 4.90 Å². The minimum absolute atomic E-state index is 0.652. The molecule has 0 aromatic heterocycles. The molecule has 0 bridgehead atoms. The lowest BCUT2D eigenvalue weighted by atomic mass is 10.0. The van der Waals surface area contributed by atoms with E-state index in [1.807, 2.05) is 0 Å². The Morgan fingerprint density at radius 2 is 2.33 bits per heavy atom. The molecule has 1 saturated heterocycles. The van der Waals surface area contributed by atoms with E-state index >= 15 is 0 Å². The Kier molecular flexibility index (Phi) is 5.87. The van der Waals surface area contributed by atoms with Gasteiger partial charge in [0.25, 0.3) is 0 Å². The van der Waals surface area contributed by atoms with Crippen molar-refractivity contribution in [2.24, 2.45) is 5.92 Å². The summed E-state index contributed by atoms with van der Waals surface area (Å²) < 4.78 is 1.09. The first-order valence-electron chi connectivity index (χ1n) is 5.87. The molecule has 0 spiro atoms. The number of rotatable bonds is 4. The Hall–Kier alpha value is 0.140. The first-order valence-corrected chi connectivity index (χ1v) is 6.66. The van der Waals surface area contributed by atoms with Crippen molar-refractivity contribution in [3.8, 4) is 0 Å². The van der Waals surface area contributed by atoms with Crippen LogP contribution in [0.25, 0.3) is 0 Å². The second kappa shape index (κ2) is 6.66. The van der Waals surface area contributed by atoms with E-state index in [9.17, 15) is 0 Å². The van der Waals surface area contributed by atoms with Crippen molar-refractivity contribution in [1.29, 1.82) is 0 Å². The van der Waals surface area contributed by atoms with E-state index in [0.717, 1.165) is 30.0 Å². The van der Waals surface area contributed by atoms with Gasteiger partial charge in [0, 0.05) is 23.6 Å². The maximum Gasteiger partial charge on any atom is 0.0294 e. The van der Waals surface area contributed by atoms with Crippen LogP contribution in [0.4, 0.5) is 0 Å². The largest absolute Gasteiger partial charge is 0.313 e. The summed E-state index contributed by atoms with van der Waals surface area (Å²) in [5.41, 5.74) is 0. The zero-order chi connectivity index (χ0) is 11.3. The summed E-state index contributed by atoms with van der Waals surface area (Å²) in [4.78, 5) is 2.49. The predicted octanol–water partition coefficient (Wildman–Crippen LogP) is 2.61. The second-order valence-electron chi connectivity index (χ2n) is 4.89. The van der Waals surface area contributed by atoms with Crippen molar-refractivity contribution in [3.05, 3.63) is 11.1 Å². The molecule has 15 heavy (non-hydrogen) atoms. The third-order valence-electron chi connectivity index (χ3n) is 2.71. The van der Waals surface area contributed by atoms with Crippen LogP contribution in [0.5, 0.6) is 0 Å². The van der Waals surface area contributed by atoms with Gasteiger partial charge in [-0.1, -0.05) is 36.4 Å². The van der Waals surface area contributed by atoms with Crippen LogP contribution in [0, 0.1) is 5.92 Å². The summed E-state index contributed by atoms with van der Waals surface area (Å²) >= 11 is 3.45. The van der Waals surface area contributed by atoms with Crippen LogP contribution in [0.3, 0.4) is 0 Å². The molecule has 0 amide bonds. The fraction of sp³-hybridized carbons (Fsp3) is 0.833. The highest BCUT2D eigenvalue weighted by Gasteiger charge is 2.18. The van der Waals surface area contributed by atoms with Crippen LogP contribution in [-0.4, -0.2) is 37.1 Å². The lowest BCUT2D eigenvalue weighted by molar-refractivity contribution is 0.277. The fourth-order valence-electron chi connectivity index (χ4n) is 2.19. The highest BCUT2D eigenvalue weighted by atomic mass is 79.9. The first kappa shape index (κ1) is 13.2. The van der Waals surface area contributed by atoms with Crippen molar-refractivity contribution >= 4 is 15.9 Å². The molecular weight excluding hydrogens is 252 g/mol. The van der Waals surface area contributed by atoms with Gasteiger partial charge >= 0.3 is 0 Å². The van der Waals surface area contributed by atoms with Gasteiger partial charge in [0.05, 0.1) is 0 Å². The van der Waals surface area contributed by atoms with Gasteiger partial charge in [0.15, 0.2) is 0 Å². The van der Waals surface area contributed by atoms with Crippen LogP contribution in [0.15, 0.2) is 11.1 Å².